The van der Waals surface area contributed by atoms with E-state index in [1.165, 1.54) is 19.2 Å². The molecule has 4 heteroatoms. The van der Waals surface area contributed by atoms with Crippen molar-refractivity contribution in [1.82, 2.24) is 0 Å². The Bertz CT molecular complexity index is 312. The number of aliphatic hydroxyl groups is 1. The lowest BCUT2D eigenvalue weighted by Gasteiger charge is -2.10. The Labute approximate surface area is 82.1 Å². The minimum absolute atomic E-state index is 0.199. The molecule has 1 rings (SSSR count). The molecule has 0 aromatic heterocycles. The summed E-state index contributed by atoms with van der Waals surface area (Å²) in [6.07, 6.45) is 0. The maximum Gasteiger partial charge on any atom is 0.164 e. The molecule has 0 aliphatic heterocycles. The van der Waals surface area contributed by atoms with Crippen molar-refractivity contribution in [3.05, 3.63) is 23.5 Å². The fraction of sp³-hybridized carbons (Fsp3) is 0.400. The third kappa shape index (κ3) is 2.14. The van der Waals surface area contributed by atoms with Gasteiger partial charge in [-0.15, -0.1) is 0 Å². The van der Waals surface area contributed by atoms with E-state index in [-0.39, 0.29) is 12.2 Å². The van der Waals surface area contributed by atoms with Gasteiger partial charge in [-0.3, -0.25) is 0 Å². The Morgan fingerprint density at radius 2 is 2.07 bits per heavy atom. The van der Waals surface area contributed by atoms with Gasteiger partial charge in [-0.2, -0.15) is 0 Å². The van der Waals surface area contributed by atoms with Crippen LogP contribution in [0.3, 0.4) is 0 Å². The number of halogens is 1. The normalized spacial score (nSPS) is 10.0. The highest BCUT2D eigenvalue weighted by atomic mass is 19.1. The lowest BCUT2D eigenvalue weighted by atomic mass is 10.2. The van der Waals surface area contributed by atoms with Crippen molar-refractivity contribution >= 4 is 0 Å². The predicted molar refractivity (Wildman–Crippen MR) is 50.0 cm³/mol. The second-order valence-corrected chi connectivity index (χ2v) is 2.69. The van der Waals surface area contributed by atoms with Crippen LogP contribution in [0.4, 0.5) is 4.39 Å². The van der Waals surface area contributed by atoms with Crippen LogP contribution in [0.15, 0.2) is 12.1 Å². The lowest BCUT2D eigenvalue weighted by Crippen LogP contribution is -1.99. The zero-order chi connectivity index (χ0) is 10.6. The average molecular weight is 200 g/mol. The third-order valence-corrected chi connectivity index (χ3v) is 1.80. The maximum atomic E-state index is 13.2. The quantitative estimate of drug-likeness (QED) is 0.804. The van der Waals surface area contributed by atoms with E-state index in [1.54, 1.807) is 6.92 Å². The van der Waals surface area contributed by atoms with E-state index in [4.69, 9.17) is 14.6 Å². The smallest absolute Gasteiger partial charge is 0.164 e. The monoisotopic (exact) mass is 200 g/mol. The first-order valence-corrected chi connectivity index (χ1v) is 4.33. The van der Waals surface area contributed by atoms with Gasteiger partial charge in [-0.25, -0.2) is 4.39 Å². The zero-order valence-corrected chi connectivity index (χ0v) is 8.21. The fourth-order valence-electron chi connectivity index (χ4n) is 1.13. The van der Waals surface area contributed by atoms with E-state index in [9.17, 15) is 4.39 Å². The first-order chi connectivity index (χ1) is 6.72. The number of aliphatic hydroxyl groups excluding tert-OH is 1. The largest absolute Gasteiger partial charge is 0.493 e. The topological polar surface area (TPSA) is 38.7 Å². The third-order valence-electron chi connectivity index (χ3n) is 1.80. The van der Waals surface area contributed by atoms with Crippen molar-refractivity contribution in [2.75, 3.05) is 13.7 Å². The van der Waals surface area contributed by atoms with Crippen LogP contribution in [0.1, 0.15) is 12.5 Å². The summed E-state index contributed by atoms with van der Waals surface area (Å²) in [7, 11) is 1.47. The van der Waals surface area contributed by atoms with Gasteiger partial charge in [0.05, 0.1) is 20.3 Å². The molecule has 1 aromatic carbocycles. The highest BCUT2D eigenvalue weighted by Crippen LogP contribution is 2.30. The minimum atomic E-state index is -0.489. The van der Waals surface area contributed by atoms with Gasteiger partial charge in [-0.1, -0.05) is 0 Å². The van der Waals surface area contributed by atoms with E-state index < -0.39 is 5.82 Å². The molecular weight excluding hydrogens is 187 g/mol. The molecule has 0 heterocycles. The van der Waals surface area contributed by atoms with Gasteiger partial charge < -0.3 is 14.6 Å². The summed E-state index contributed by atoms with van der Waals surface area (Å²) >= 11 is 0. The molecule has 14 heavy (non-hydrogen) atoms. The SMILES string of the molecule is CCOc1cc(F)c(CO)cc1OC. The van der Waals surface area contributed by atoms with Crippen molar-refractivity contribution in [1.29, 1.82) is 0 Å². The Morgan fingerprint density at radius 1 is 1.36 bits per heavy atom. The van der Waals surface area contributed by atoms with Crippen LogP contribution in [-0.4, -0.2) is 18.8 Å². The van der Waals surface area contributed by atoms with E-state index in [0.29, 0.717) is 18.1 Å². The molecule has 0 amide bonds. The fourth-order valence-corrected chi connectivity index (χ4v) is 1.13. The molecule has 3 nitrogen and oxygen atoms in total. The summed E-state index contributed by atoms with van der Waals surface area (Å²) < 4.78 is 23.3. The van der Waals surface area contributed by atoms with Crippen molar-refractivity contribution in [2.45, 2.75) is 13.5 Å². The van der Waals surface area contributed by atoms with Crippen LogP contribution in [0, 0.1) is 5.82 Å². The van der Waals surface area contributed by atoms with Crippen molar-refractivity contribution in [2.24, 2.45) is 0 Å². The van der Waals surface area contributed by atoms with E-state index in [0.717, 1.165) is 0 Å². The van der Waals surface area contributed by atoms with Crippen LogP contribution in [0.2, 0.25) is 0 Å². The van der Waals surface area contributed by atoms with Gasteiger partial charge in [0.25, 0.3) is 0 Å². The van der Waals surface area contributed by atoms with E-state index in [1.807, 2.05) is 0 Å². The highest BCUT2D eigenvalue weighted by Gasteiger charge is 2.10. The lowest BCUT2D eigenvalue weighted by molar-refractivity contribution is 0.271. The van der Waals surface area contributed by atoms with Crippen molar-refractivity contribution in [3.8, 4) is 11.5 Å². The number of ether oxygens (including phenoxy) is 2. The summed E-state index contributed by atoms with van der Waals surface area (Å²) in [5.41, 5.74) is 0.199. The molecule has 0 fully saturated rings. The second-order valence-electron chi connectivity index (χ2n) is 2.69. The second kappa shape index (κ2) is 4.81. The minimum Gasteiger partial charge on any atom is -0.493 e. The van der Waals surface area contributed by atoms with Crippen LogP contribution >= 0.6 is 0 Å². The van der Waals surface area contributed by atoms with Gasteiger partial charge >= 0.3 is 0 Å². The van der Waals surface area contributed by atoms with Crippen LogP contribution in [0.25, 0.3) is 0 Å². The molecule has 78 valence electrons. The maximum absolute atomic E-state index is 13.2. The molecule has 1 N–H and O–H groups in total. The first kappa shape index (κ1) is 10.8. The summed E-state index contributed by atoms with van der Waals surface area (Å²) in [6, 6.07) is 2.65. The highest BCUT2D eigenvalue weighted by molar-refractivity contribution is 5.43. The van der Waals surface area contributed by atoms with Gasteiger partial charge in [-0.05, 0) is 13.0 Å². The Kier molecular flexibility index (Phi) is 3.71. The van der Waals surface area contributed by atoms with E-state index in [2.05, 4.69) is 0 Å². The summed E-state index contributed by atoms with van der Waals surface area (Å²) in [5.74, 6) is 0.291. The Hall–Kier alpha value is -1.29. The van der Waals surface area contributed by atoms with Crippen molar-refractivity contribution in [3.63, 3.8) is 0 Å². The molecular formula is C10H13FO3. The molecule has 1 aromatic rings. The molecule has 0 spiro atoms. The Morgan fingerprint density at radius 3 is 2.57 bits per heavy atom. The number of methoxy groups -OCH3 is 1. The molecule has 0 bridgehead atoms. The Balaban J connectivity index is 3.10. The molecule has 0 saturated heterocycles. The standard InChI is InChI=1S/C10H13FO3/c1-3-14-10-5-8(11)7(6-12)4-9(10)13-2/h4-5,12H,3,6H2,1-2H3. The number of rotatable bonds is 4. The molecule has 0 aliphatic carbocycles. The predicted octanol–water partition coefficient (Wildman–Crippen LogP) is 1.73. The summed E-state index contributed by atoms with van der Waals surface area (Å²) in [4.78, 5) is 0. The van der Waals surface area contributed by atoms with Gasteiger partial charge in [0.15, 0.2) is 11.5 Å². The van der Waals surface area contributed by atoms with Gasteiger partial charge in [0.1, 0.15) is 5.82 Å². The molecule has 0 aliphatic rings. The van der Waals surface area contributed by atoms with Crippen LogP contribution < -0.4 is 9.47 Å². The number of hydrogen-bond acceptors (Lipinski definition) is 3. The summed E-state index contributed by atoms with van der Waals surface area (Å²) in [6.45, 7) is 1.89. The van der Waals surface area contributed by atoms with Crippen molar-refractivity contribution < 1.29 is 19.0 Å². The van der Waals surface area contributed by atoms with Gasteiger partial charge in [0.2, 0.25) is 0 Å². The first-order valence-electron chi connectivity index (χ1n) is 4.33. The molecule has 0 saturated carbocycles. The van der Waals surface area contributed by atoms with Crippen LogP contribution in [0.5, 0.6) is 11.5 Å². The molecule has 0 unspecified atom stereocenters. The van der Waals surface area contributed by atoms with E-state index >= 15 is 0 Å². The van der Waals surface area contributed by atoms with Gasteiger partial charge in [0, 0.05) is 11.6 Å². The number of hydrogen-bond donors (Lipinski definition) is 1. The van der Waals surface area contributed by atoms with Crippen LogP contribution in [-0.2, 0) is 6.61 Å². The molecule has 0 radical (unpaired) electrons. The number of benzene rings is 1. The zero-order valence-electron chi connectivity index (χ0n) is 8.21. The molecule has 0 atom stereocenters. The summed E-state index contributed by atoms with van der Waals surface area (Å²) in [5, 5.41) is 8.82. The average Bonchev–Trinajstić information content (AvgIpc) is 2.19.